The van der Waals surface area contributed by atoms with Crippen molar-refractivity contribution in [3.05, 3.63) is 33.9 Å². The Morgan fingerprint density at radius 3 is 2.78 bits per heavy atom. The molecule has 2 rings (SSSR count). The quantitative estimate of drug-likeness (QED) is 0.639. The Bertz CT molecular complexity index is 483. The van der Waals surface area contributed by atoms with Gasteiger partial charge in [0.1, 0.15) is 5.75 Å². The Balaban J connectivity index is 2.26. The van der Waals surface area contributed by atoms with Gasteiger partial charge >= 0.3 is 0 Å². The number of rotatable bonds is 5. The van der Waals surface area contributed by atoms with Crippen LogP contribution in [-0.2, 0) is 0 Å². The van der Waals surface area contributed by atoms with E-state index in [1.54, 1.807) is 6.92 Å². The van der Waals surface area contributed by atoms with Gasteiger partial charge in [-0.25, -0.2) is 0 Å². The molecule has 1 aliphatic carbocycles. The summed E-state index contributed by atoms with van der Waals surface area (Å²) >= 11 is 0. The SMILES string of the molecule is CCOc1cc(C(=O)NC2CC2)cc([N+](=O)[O-])c1. The number of nitrogens with one attached hydrogen (secondary N) is 1. The van der Waals surface area contributed by atoms with Crippen molar-refractivity contribution in [3.63, 3.8) is 0 Å². The van der Waals surface area contributed by atoms with E-state index in [2.05, 4.69) is 5.32 Å². The van der Waals surface area contributed by atoms with E-state index in [1.807, 2.05) is 0 Å². The van der Waals surface area contributed by atoms with Crippen LogP contribution in [0.1, 0.15) is 30.1 Å². The number of hydrogen-bond donors (Lipinski definition) is 1. The minimum Gasteiger partial charge on any atom is -0.494 e. The van der Waals surface area contributed by atoms with Gasteiger partial charge in [0.2, 0.25) is 0 Å². The van der Waals surface area contributed by atoms with Gasteiger partial charge in [-0.05, 0) is 25.8 Å². The topological polar surface area (TPSA) is 81.5 Å². The summed E-state index contributed by atoms with van der Waals surface area (Å²) in [7, 11) is 0. The first-order valence-corrected chi connectivity index (χ1v) is 5.83. The van der Waals surface area contributed by atoms with Crippen molar-refractivity contribution in [2.75, 3.05) is 6.61 Å². The number of amides is 1. The predicted octanol–water partition coefficient (Wildman–Crippen LogP) is 1.89. The second-order valence-corrected chi connectivity index (χ2v) is 4.15. The number of nitrogens with zero attached hydrogens (tertiary/aromatic N) is 1. The molecule has 1 fully saturated rings. The van der Waals surface area contributed by atoms with E-state index in [4.69, 9.17) is 4.74 Å². The molecule has 1 saturated carbocycles. The molecule has 0 aromatic heterocycles. The molecular weight excluding hydrogens is 236 g/mol. The van der Waals surface area contributed by atoms with E-state index < -0.39 is 4.92 Å². The molecule has 0 bridgehead atoms. The lowest BCUT2D eigenvalue weighted by molar-refractivity contribution is -0.385. The van der Waals surface area contributed by atoms with Crippen LogP contribution in [0.3, 0.4) is 0 Å². The van der Waals surface area contributed by atoms with Crippen LogP contribution in [0.2, 0.25) is 0 Å². The van der Waals surface area contributed by atoms with Gasteiger partial charge in [-0.2, -0.15) is 0 Å². The van der Waals surface area contributed by atoms with Crippen LogP contribution in [-0.4, -0.2) is 23.5 Å². The number of benzene rings is 1. The van der Waals surface area contributed by atoms with Crippen LogP contribution in [0.25, 0.3) is 0 Å². The fourth-order valence-corrected chi connectivity index (χ4v) is 1.57. The summed E-state index contributed by atoms with van der Waals surface area (Å²) in [6, 6.07) is 4.32. The van der Waals surface area contributed by atoms with E-state index >= 15 is 0 Å². The Morgan fingerprint density at radius 2 is 2.22 bits per heavy atom. The molecule has 1 aliphatic rings. The molecule has 0 unspecified atom stereocenters. The third-order valence-corrected chi connectivity index (χ3v) is 2.59. The first kappa shape index (κ1) is 12.3. The van der Waals surface area contributed by atoms with Gasteiger partial charge < -0.3 is 10.1 Å². The number of carbonyl (C=O) groups excluding carboxylic acids is 1. The average Bonchev–Trinajstić information content (AvgIpc) is 3.13. The lowest BCUT2D eigenvalue weighted by Crippen LogP contribution is -2.25. The third-order valence-electron chi connectivity index (χ3n) is 2.59. The number of nitro groups is 1. The first-order valence-electron chi connectivity index (χ1n) is 5.83. The first-order chi connectivity index (χ1) is 8.60. The summed E-state index contributed by atoms with van der Waals surface area (Å²) in [4.78, 5) is 22.1. The Hall–Kier alpha value is -2.11. The number of non-ortho nitro benzene ring substituents is 1. The maximum absolute atomic E-state index is 11.8. The van der Waals surface area contributed by atoms with E-state index in [9.17, 15) is 14.9 Å². The van der Waals surface area contributed by atoms with Gasteiger partial charge in [-0.15, -0.1) is 0 Å². The van der Waals surface area contributed by atoms with Crippen LogP contribution >= 0.6 is 0 Å². The second kappa shape index (κ2) is 5.03. The zero-order chi connectivity index (χ0) is 13.1. The molecule has 0 spiro atoms. The fourth-order valence-electron chi connectivity index (χ4n) is 1.57. The van der Waals surface area contributed by atoms with Crippen molar-refractivity contribution in [2.45, 2.75) is 25.8 Å². The minimum absolute atomic E-state index is 0.137. The van der Waals surface area contributed by atoms with E-state index in [-0.39, 0.29) is 23.2 Å². The molecule has 0 atom stereocenters. The molecule has 0 saturated heterocycles. The summed E-state index contributed by atoms with van der Waals surface area (Å²) in [5.74, 6) is 0.0507. The van der Waals surface area contributed by atoms with Crippen molar-refractivity contribution in [2.24, 2.45) is 0 Å². The summed E-state index contributed by atoms with van der Waals surface area (Å²) in [6.07, 6.45) is 1.94. The van der Waals surface area contributed by atoms with Crippen LogP contribution < -0.4 is 10.1 Å². The molecule has 1 aromatic carbocycles. The number of carbonyl (C=O) groups is 1. The molecule has 18 heavy (non-hydrogen) atoms. The van der Waals surface area contributed by atoms with E-state index in [0.717, 1.165) is 12.8 Å². The average molecular weight is 250 g/mol. The molecule has 0 radical (unpaired) electrons. The molecule has 1 aromatic rings. The van der Waals surface area contributed by atoms with Gasteiger partial charge in [0.05, 0.1) is 17.6 Å². The summed E-state index contributed by atoms with van der Waals surface area (Å²) in [5.41, 5.74) is 0.126. The predicted molar refractivity (Wildman–Crippen MR) is 64.8 cm³/mol. The highest BCUT2D eigenvalue weighted by Crippen LogP contribution is 2.24. The van der Waals surface area contributed by atoms with Gasteiger partial charge in [-0.1, -0.05) is 0 Å². The van der Waals surface area contributed by atoms with Gasteiger partial charge in [0.25, 0.3) is 11.6 Å². The summed E-state index contributed by atoms with van der Waals surface area (Å²) in [6.45, 7) is 2.17. The number of hydrogen-bond acceptors (Lipinski definition) is 4. The molecule has 0 aliphatic heterocycles. The van der Waals surface area contributed by atoms with Gasteiger partial charge in [-0.3, -0.25) is 14.9 Å². The maximum atomic E-state index is 11.8. The van der Waals surface area contributed by atoms with Crippen molar-refractivity contribution in [1.29, 1.82) is 0 Å². The van der Waals surface area contributed by atoms with E-state index in [1.165, 1.54) is 18.2 Å². The van der Waals surface area contributed by atoms with Crippen LogP contribution in [0.5, 0.6) is 5.75 Å². The lowest BCUT2D eigenvalue weighted by atomic mass is 10.1. The van der Waals surface area contributed by atoms with Crippen LogP contribution in [0, 0.1) is 10.1 Å². The van der Waals surface area contributed by atoms with Crippen molar-refractivity contribution in [1.82, 2.24) is 5.32 Å². The zero-order valence-electron chi connectivity index (χ0n) is 10.0. The highest BCUT2D eigenvalue weighted by molar-refractivity contribution is 5.95. The number of nitro benzene ring substituents is 1. The highest BCUT2D eigenvalue weighted by Gasteiger charge is 2.25. The molecule has 0 heterocycles. The zero-order valence-corrected chi connectivity index (χ0v) is 10.0. The fraction of sp³-hybridized carbons (Fsp3) is 0.417. The summed E-state index contributed by atoms with van der Waals surface area (Å²) < 4.78 is 5.22. The lowest BCUT2D eigenvalue weighted by Gasteiger charge is -2.07. The largest absolute Gasteiger partial charge is 0.494 e. The third kappa shape index (κ3) is 2.97. The van der Waals surface area contributed by atoms with Crippen LogP contribution in [0.15, 0.2) is 18.2 Å². The Kier molecular flexibility index (Phi) is 3.45. The Morgan fingerprint density at radius 1 is 1.50 bits per heavy atom. The van der Waals surface area contributed by atoms with E-state index in [0.29, 0.717) is 12.4 Å². The van der Waals surface area contributed by atoms with Gasteiger partial charge in [0, 0.05) is 17.7 Å². The number of ether oxygens (including phenoxy) is 1. The van der Waals surface area contributed by atoms with Crippen LogP contribution in [0.4, 0.5) is 5.69 Å². The standard InChI is InChI=1S/C12H14N2O4/c1-2-18-11-6-8(5-10(7-11)14(16)17)12(15)13-9-3-4-9/h5-7,9H,2-4H2,1H3,(H,13,15). The molecule has 1 amide bonds. The minimum atomic E-state index is -0.531. The van der Waals surface area contributed by atoms with Crippen molar-refractivity contribution < 1.29 is 14.5 Å². The van der Waals surface area contributed by atoms with Crippen molar-refractivity contribution >= 4 is 11.6 Å². The molecule has 96 valence electrons. The normalized spacial score (nSPS) is 14.1. The van der Waals surface area contributed by atoms with Crippen molar-refractivity contribution in [3.8, 4) is 5.75 Å². The highest BCUT2D eigenvalue weighted by atomic mass is 16.6. The van der Waals surface area contributed by atoms with Gasteiger partial charge in [0.15, 0.2) is 0 Å². The second-order valence-electron chi connectivity index (χ2n) is 4.15. The summed E-state index contributed by atoms with van der Waals surface area (Å²) in [5, 5.41) is 13.6. The monoisotopic (exact) mass is 250 g/mol. The Labute approximate surface area is 104 Å². The molecule has 1 N–H and O–H groups in total. The maximum Gasteiger partial charge on any atom is 0.273 e. The molecular formula is C12H14N2O4. The molecule has 6 heteroatoms. The molecule has 6 nitrogen and oxygen atoms in total. The smallest absolute Gasteiger partial charge is 0.273 e.